The van der Waals surface area contributed by atoms with Crippen molar-refractivity contribution >= 4 is 34.4 Å². The summed E-state index contributed by atoms with van der Waals surface area (Å²) in [6, 6.07) is 0. The summed E-state index contributed by atoms with van der Waals surface area (Å²) in [5.41, 5.74) is 16.3. The van der Waals surface area contributed by atoms with E-state index in [4.69, 9.17) is 23.1 Å². The Labute approximate surface area is 126 Å². The quantitative estimate of drug-likeness (QED) is 0.698. The van der Waals surface area contributed by atoms with Crippen molar-refractivity contribution in [2.75, 3.05) is 11.5 Å². The Hall–Kier alpha value is -2.41. The standard InChI is InChI=1S/C13H14ClN7/c1-6-3-17-8(7(2)9(6)15)4-21-5-18-10-11(14)19-13(16)20-12(10)21/h3,5H,4H2,1-2H3,(H2,15,17)(H2,16,19,20). The highest BCUT2D eigenvalue weighted by Gasteiger charge is 2.13. The minimum absolute atomic E-state index is 0.113. The van der Waals surface area contributed by atoms with Crippen LogP contribution in [0.15, 0.2) is 12.5 Å². The molecule has 0 saturated carbocycles. The van der Waals surface area contributed by atoms with Crippen LogP contribution in [0.2, 0.25) is 5.15 Å². The van der Waals surface area contributed by atoms with Gasteiger partial charge >= 0.3 is 0 Å². The number of aromatic nitrogens is 5. The number of nitrogens with zero attached hydrogens (tertiary/aromatic N) is 5. The van der Waals surface area contributed by atoms with Gasteiger partial charge in [-0.2, -0.15) is 9.97 Å². The zero-order chi connectivity index (χ0) is 15.1. The lowest BCUT2D eigenvalue weighted by Crippen LogP contribution is -2.07. The first-order chi connectivity index (χ1) is 9.97. The molecule has 4 N–H and O–H groups in total. The highest BCUT2D eigenvalue weighted by atomic mass is 35.5. The molecule has 0 aliphatic carbocycles. The van der Waals surface area contributed by atoms with Crippen molar-refractivity contribution in [2.24, 2.45) is 0 Å². The summed E-state index contributed by atoms with van der Waals surface area (Å²) in [5.74, 6) is 0.113. The van der Waals surface area contributed by atoms with Crippen molar-refractivity contribution in [1.82, 2.24) is 24.5 Å². The number of halogens is 1. The monoisotopic (exact) mass is 303 g/mol. The molecule has 3 aromatic rings. The van der Waals surface area contributed by atoms with E-state index in [0.717, 1.165) is 22.5 Å². The molecule has 108 valence electrons. The summed E-state index contributed by atoms with van der Waals surface area (Å²) < 4.78 is 1.82. The summed E-state index contributed by atoms with van der Waals surface area (Å²) in [6.07, 6.45) is 3.40. The van der Waals surface area contributed by atoms with Gasteiger partial charge in [0, 0.05) is 11.9 Å². The van der Waals surface area contributed by atoms with Gasteiger partial charge in [0.2, 0.25) is 5.95 Å². The highest BCUT2D eigenvalue weighted by Crippen LogP contribution is 2.22. The Morgan fingerprint density at radius 2 is 1.95 bits per heavy atom. The Kier molecular flexibility index (Phi) is 3.13. The first-order valence-electron chi connectivity index (χ1n) is 6.31. The Morgan fingerprint density at radius 3 is 2.71 bits per heavy atom. The van der Waals surface area contributed by atoms with Crippen molar-refractivity contribution in [3.8, 4) is 0 Å². The third kappa shape index (κ3) is 2.25. The summed E-state index contributed by atoms with van der Waals surface area (Å²) in [4.78, 5) is 16.7. The summed E-state index contributed by atoms with van der Waals surface area (Å²) in [5, 5.41) is 0.240. The van der Waals surface area contributed by atoms with Crippen LogP contribution in [0.4, 0.5) is 11.6 Å². The average Bonchev–Trinajstić information content (AvgIpc) is 2.83. The fraction of sp³-hybridized carbons (Fsp3) is 0.231. The van der Waals surface area contributed by atoms with Crippen LogP contribution in [-0.4, -0.2) is 24.5 Å². The molecule has 0 spiro atoms. The number of nitrogen functional groups attached to an aromatic ring is 2. The van der Waals surface area contributed by atoms with E-state index in [1.165, 1.54) is 0 Å². The zero-order valence-electron chi connectivity index (χ0n) is 11.6. The molecular weight excluding hydrogens is 290 g/mol. The second-order valence-electron chi connectivity index (χ2n) is 4.84. The van der Waals surface area contributed by atoms with Gasteiger partial charge in [-0.3, -0.25) is 4.98 Å². The summed E-state index contributed by atoms with van der Waals surface area (Å²) in [7, 11) is 0. The van der Waals surface area contributed by atoms with Crippen LogP contribution >= 0.6 is 11.6 Å². The van der Waals surface area contributed by atoms with E-state index in [2.05, 4.69) is 19.9 Å². The zero-order valence-corrected chi connectivity index (χ0v) is 12.4. The second-order valence-corrected chi connectivity index (χ2v) is 5.20. The molecule has 0 amide bonds. The molecule has 0 saturated heterocycles. The van der Waals surface area contributed by atoms with Gasteiger partial charge in [-0.1, -0.05) is 11.6 Å². The van der Waals surface area contributed by atoms with Crippen LogP contribution in [0.3, 0.4) is 0 Å². The van der Waals surface area contributed by atoms with Crippen LogP contribution < -0.4 is 11.5 Å². The lowest BCUT2D eigenvalue weighted by Gasteiger charge is -2.10. The molecule has 0 aromatic carbocycles. The van der Waals surface area contributed by atoms with Crippen LogP contribution in [-0.2, 0) is 6.54 Å². The molecule has 3 aromatic heterocycles. The van der Waals surface area contributed by atoms with Crippen LogP contribution in [0.25, 0.3) is 11.2 Å². The number of fused-ring (bicyclic) bond motifs is 1. The van der Waals surface area contributed by atoms with E-state index in [1.54, 1.807) is 12.5 Å². The fourth-order valence-corrected chi connectivity index (χ4v) is 2.37. The minimum atomic E-state index is 0.113. The maximum Gasteiger partial charge on any atom is 0.223 e. The third-order valence-corrected chi connectivity index (χ3v) is 3.70. The van der Waals surface area contributed by atoms with Crippen molar-refractivity contribution in [3.63, 3.8) is 0 Å². The maximum atomic E-state index is 6.04. The Bertz CT molecular complexity index is 840. The van der Waals surface area contributed by atoms with E-state index in [-0.39, 0.29) is 11.1 Å². The summed E-state index contributed by atoms with van der Waals surface area (Å²) in [6.45, 7) is 4.36. The molecule has 0 radical (unpaired) electrons. The molecule has 7 nitrogen and oxygen atoms in total. The molecule has 0 bridgehead atoms. The van der Waals surface area contributed by atoms with Crippen LogP contribution in [0.1, 0.15) is 16.8 Å². The van der Waals surface area contributed by atoms with Crippen molar-refractivity contribution < 1.29 is 0 Å². The van der Waals surface area contributed by atoms with Gasteiger partial charge in [0.15, 0.2) is 10.8 Å². The van der Waals surface area contributed by atoms with E-state index in [1.807, 2.05) is 18.4 Å². The molecule has 0 fully saturated rings. The van der Waals surface area contributed by atoms with Gasteiger partial charge in [0.05, 0.1) is 18.6 Å². The number of hydrogen-bond donors (Lipinski definition) is 2. The van der Waals surface area contributed by atoms with Crippen LogP contribution in [0, 0.1) is 13.8 Å². The largest absolute Gasteiger partial charge is 0.398 e. The normalized spacial score (nSPS) is 11.2. The van der Waals surface area contributed by atoms with Gasteiger partial charge in [-0.25, -0.2) is 4.98 Å². The molecule has 8 heteroatoms. The van der Waals surface area contributed by atoms with Gasteiger partial charge in [-0.15, -0.1) is 0 Å². The number of pyridine rings is 1. The molecular formula is C13H14ClN7. The van der Waals surface area contributed by atoms with E-state index in [0.29, 0.717) is 17.7 Å². The molecule has 0 aliphatic heterocycles. The van der Waals surface area contributed by atoms with E-state index >= 15 is 0 Å². The van der Waals surface area contributed by atoms with Crippen molar-refractivity contribution in [1.29, 1.82) is 0 Å². The predicted octanol–water partition coefficient (Wildman–Crippen LogP) is 1.70. The molecule has 3 rings (SSSR count). The molecule has 0 unspecified atom stereocenters. The Morgan fingerprint density at radius 1 is 1.19 bits per heavy atom. The number of imidazole rings is 1. The number of aryl methyl sites for hydroxylation is 1. The van der Waals surface area contributed by atoms with Gasteiger partial charge in [-0.05, 0) is 25.0 Å². The second kappa shape index (κ2) is 4.85. The Balaban J connectivity index is 2.09. The van der Waals surface area contributed by atoms with E-state index < -0.39 is 0 Å². The summed E-state index contributed by atoms with van der Waals surface area (Å²) >= 11 is 6.01. The van der Waals surface area contributed by atoms with Gasteiger partial charge in [0.1, 0.15) is 5.52 Å². The smallest absolute Gasteiger partial charge is 0.223 e. The molecule has 0 aliphatic rings. The SMILES string of the molecule is Cc1cnc(Cn2cnc3c(Cl)nc(N)nc32)c(C)c1N. The minimum Gasteiger partial charge on any atom is -0.398 e. The van der Waals surface area contributed by atoms with Crippen molar-refractivity contribution in [3.05, 3.63) is 34.5 Å². The number of anilines is 2. The molecule has 21 heavy (non-hydrogen) atoms. The lowest BCUT2D eigenvalue weighted by atomic mass is 10.1. The number of hydrogen-bond acceptors (Lipinski definition) is 6. The van der Waals surface area contributed by atoms with E-state index in [9.17, 15) is 0 Å². The van der Waals surface area contributed by atoms with Crippen LogP contribution in [0.5, 0.6) is 0 Å². The first kappa shape index (κ1) is 13.6. The fourth-order valence-electron chi connectivity index (χ4n) is 2.15. The topological polar surface area (TPSA) is 109 Å². The first-order valence-corrected chi connectivity index (χ1v) is 6.69. The maximum absolute atomic E-state index is 6.04. The third-order valence-electron chi connectivity index (χ3n) is 3.43. The van der Waals surface area contributed by atoms with Gasteiger partial charge in [0.25, 0.3) is 0 Å². The lowest BCUT2D eigenvalue weighted by molar-refractivity contribution is 0.781. The van der Waals surface area contributed by atoms with Gasteiger partial charge < -0.3 is 16.0 Å². The van der Waals surface area contributed by atoms with Crippen molar-refractivity contribution in [2.45, 2.75) is 20.4 Å². The average molecular weight is 304 g/mol. The predicted molar refractivity (Wildman–Crippen MR) is 82.0 cm³/mol. The molecule has 3 heterocycles. The molecule has 0 atom stereocenters. The number of rotatable bonds is 2. The highest BCUT2D eigenvalue weighted by molar-refractivity contribution is 6.33. The number of nitrogens with two attached hydrogens (primary N) is 2.